The van der Waals surface area contributed by atoms with Crippen LogP contribution in [0.2, 0.25) is 0 Å². The van der Waals surface area contributed by atoms with Crippen molar-refractivity contribution < 1.29 is 14.3 Å². The van der Waals surface area contributed by atoms with Crippen LogP contribution >= 0.6 is 0 Å². The zero-order valence-corrected chi connectivity index (χ0v) is 18.1. The zero-order valence-electron chi connectivity index (χ0n) is 18.1. The molecule has 0 unspecified atom stereocenters. The highest BCUT2D eigenvalue weighted by molar-refractivity contribution is 5.92. The smallest absolute Gasteiger partial charge is 0.262 e. The summed E-state index contributed by atoms with van der Waals surface area (Å²) in [5.74, 6) is 1.17. The quantitative estimate of drug-likeness (QED) is 0.754. The second-order valence-electron chi connectivity index (χ2n) is 7.83. The molecule has 160 valence electrons. The predicted molar refractivity (Wildman–Crippen MR) is 120 cm³/mol. The Kier molecular flexibility index (Phi) is 7.33. The highest BCUT2D eigenvalue weighted by atomic mass is 16.5. The molecular formula is C24H31N3O3. The predicted octanol–water partition coefficient (Wildman–Crippen LogP) is 3.89. The molecule has 0 bridgehead atoms. The molecule has 0 radical (unpaired) electrons. The standard InChI is InChI=1S/C24H31N3O3/c1-4-24(29)27-15-13-26(14-16-27)21-9-7-20(8-10-21)25-23(28)17-30-22-11-5-19(6-12-22)18(2)3/h5-12,18H,4,13-17H2,1-3H3,(H,25,28). The summed E-state index contributed by atoms with van der Waals surface area (Å²) in [5, 5.41) is 2.87. The van der Waals surface area contributed by atoms with Crippen molar-refractivity contribution in [3.63, 3.8) is 0 Å². The molecule has 30 heavy (non-hydrogen) atoms. The molecule has 0 atom stereocenters. The molecule has 1 N–H and O–H groups in total. The molecule has 0 spiro atoms. The van der Waals surface area contributed by atoms with Crippen LogP contribution in [0.1, 0.15) is 38.7 Å². The Morgan fingerprint density at radius 1 is 0.967 bits per heavy atom. The lowest BCUT2D eigenvalue weighted by molar-refractivity contribution is -0.131. The van der Waals surface area contributed by atoms with E-state index in [1.54, 1.807) is 0 Å². The number of carbonyl (C=O) groups excluding carboxylic acids is 2. The fourth-order valence-electron chi connectivity index (χ4n) is 3.49. The van der Waals surface area contributed by atoms with Crippen LogP contribution in [0.25, 0.3) is 0 Å². The van der Waals surface area contributed by atoms with Crippen molar-refractivity contribution in [1.29, 1.82) is 0 Å². The first-order valence-electron chi connectivity index (χ1n) is 10.6. The van der Waals surface area contributed by atoms with Crippen LogP contribution in [0.4, 0.5) is 11.4 Å². The highest BCUT2D eigenvalue weighted by Gasteiger charge is 2.20. The Morgan fingerprint density at radius 3 is 2.17 bits per heavy atom. The third-order valence-electron chi connectivity index (χ3n) is 5.37. The minimum absolute atomic E-state index is 0.0316. The van der Waals surface area contributed by atoms with Crippen LogP contribution < -0.4 is 15.0 Å². The number of hydrogen-bond acceptors (Lipinski definition) is 4. The molecule has 1 fully saturated rings. The number of nitrogens with one attached hydrogen (secondary N) is 1. The van der Waals surface area contributed by atoms with Gasteiger partial charge < -0.3 is 19.9 Å². The first-order chi connectivity index (χ1) is 14.5. The van der Waals surface area contributed by atoms with E-state index < -0.39 is 0 Å². The largest absolute Gasteiger partial charge is 0.484 e. The lowest BCUT2D eigenvalue weighted by Crippen LogP contribution is -2.48. The van der Waals surface area contributed by atoms with E-state index in [2.05, 4.69) is 24.1 Å². The maximum absolute atomic E-state index is 12.2. The van der Waals surface area contributed by atoms with Gasteiger partial charge in [-0.2, -0.15) is 0 Å². The Balaban J connectivity index is 1.46. The number of benzene rings is 2. The molecule has 0 saturated carbocycles. The summed E-state index contributed by atoms with van der Waals surface area (Å²) in [6.45, 7) is 9.29. The van der Waals surface area contributed by atoms with Gasteiger partial charge in [0, 0.05) is 44.0 Å². The lowest BCUT2D eigenvalue weighted by atomic mass is 10.0. The normalized spacial score (nSPS) is 14.0. The van der Waals surface area contributed by atoms with Gasteiger partial charge in [-0.25, -0.2) is 0 Å². The van der Waals surface area contributed by atoms with Crippen molar-refractivity contribution in [1.82, 2.24) is 4.90 Å². The van der Waals surface area contributed by atoms with Crippen LogP contribution in [0.15, 0.2) is 48.5 Å². The Labute approximate surface area is 178 Å². The summed E-state index contributed by atoms with van der Waals surface area (Å²) < 4.78 is 5.58. The maximum Gasteiger partial charge on any atom is 0.262 e. The molecule has 1 saturated heterocycles. The fourth-order valence-corrected chi connectivity index (χ4v) is 3.49. The lowest BCUT2D eigenvalue weighted by Gasteiger charge is -2.36. The monoisotopic (exact) mass is 409 g/mol. The number of ether oxygens (including phenoxy) is 1. The summed E-state index contributed by atoms with van der Waals surface area (Å²) in [7, 11) is 0. The Hall–Kier alpha value is -3.02. The van der Waals surface area contributed by atoms with E-state index in [0.29, 0.717) is 18.1 Å². The molecule has 0 aromatic heterocycles. The van der Waals surface area contributed by atoms with Crippen molar-refractivity contribution in [3.8, 4) is 5.75 Å². The van der Waals surface area contributed by atoms with E-state index >= 15 is 0 Å². The fraction of sp³-hybridized carbons (Fsp3) is 0.417. The topological polar surface area (TPSA) is 61.9 Å². The van der Waals surface area contributed by atoms with Crippen LogP contribution in [0.3, 0.4) is 0 Å². The average Bonchev–Trinajstić information content (AvgIpc) is 2.78. The minimum atomic E-state index is -0.192. The summed E-state index contributed by atoms with van der Waals surface area (Å²) in [6, 6.07) is 15.6. The molecule has 1 heterocycles. The number of nitrogens with zero attached hydrogens (tertiary/aromatic N) is 2. The number of rotatable bonds is 7. The van der Waals surface area contributed by atoms with Crippen molar-refractivity contribution >= 4 is 23.2 Å². The van der Waals surface area contributed by atoms with Gasteiger partial charge >= 0.3 is 0 Å². The van der Waals surface area contributed by atoms with Gasteiger partial charge in [0.2, 0.25) is 5.91 Å². The van der Waals surface area contributed by atoms with E-state index in [4.69, 9.17) is 4.74 Å². The van der Waals surface area contributed by atoms with Gasteiger partial charge in [0.05, 0.1) is 0 Å². The van der Waals surface area contributed by atoms with Gasteiger partial charge in [-0.3, -0.25) is 9.59 Å². The Bertz CT molecular complexity index is 839. The van der Waals surface area contributed by atoms with Gasteiger partial charge in [-0.05, 0) is 47.9 Å². The van der Waals surface area contributed by atoms with E-state index in [-0.39, 0.29) is 18.4 Å². The third kappa shape index (κ3) is 5.75. The molecular weight excluding hydrogens is 378 g/mol. The van der Waals surface area contributed by atoms with Crippen molar-refractivity contribution in [2.45, 2.75) is 33.1 Å². The van der Waals surface area contributed by atoms with Gasteiger partial charge in [-0.15, -0.1) is 0 Å². The molecule has 1 aliphatic rings. The van der Waals surface area contributed by atoms with E-state index in [1.807, 2.05) is 60.4 Å². The maximum atomic E-state index is 12.2. The van der Waals surface area contributed by atoms with Crippen molar-refractivity contribution in [2.24, 2.45) is 0 Å². The molecule has 6 heteroatoms. The second kappa shape index (κ2) is 10.1. The van der Waals surface area contributed by atoms with E-state index in [9.17, 15) is 9.59 Å². The summed E-state index contributed by atoms with van der Waals surface area (Å²) in [5.41, 5.74) is 3.07. The molecule has 2 amide bonds. The number of carbonyl (C=O) groups is 2. The van der Waals surface area contributed by atoms with Crippen LogP contribution in [0, 0.1) is 0 Å². The van der Waals surface area contributed by atoms with Gasteiger partial charge in [0.15, 0.2) is 6.61 Å². The number of piperazine rings is 1. The molecule has 1 aliphatic heterocycles. The van der Waals surface area contributed by atoms with Gasteiger partial charge in [0.25, 0.3) is 5.91 Å². The number of anilines is 2. The van der Waals surface area contributed by atoms with Gasteiger partial charge in [-0.1, -0.05) is 32.9 Å². The molecule has 0 aliphatic carbocycles. The summed E-state index contributed by atoms with van der Waals surface area (Å²) in [4.78, 5) is 28.2. The van der Waals surface area contributed by atoms with Crippen LogP contribution in [-0.4, -0.2) is 49.5 Å². The van der Waals surface area contributed by atoms with E-state index in [0.717, 1.165) is 37.6 Å². The average molecular weight is 410 g/mol. The SMILES string of the molecule is CCC(=O)N1CCN(c2ccc(NC(=O)COc3ccc(C(C)C)cc3)cc2)CC1. The third-order valence-corrected chi connectivity index (χ3v) is 5.37. The molecule has 2 aromatic rings. The van der Waals surface area contributed by atoms with Crippen molar-refractivity contribution in [3.05, 3.63) is 54.1 Å². The first kappa shape index (κ1) is 21.7. The second-order valence-corrected chi connectivity index (χ2v) is 7.83. The molecule has 6 nitrogen and oxygen atoms in total. The Morgan fingerprint density at radius 2 is 1.60 bits per heavy atom. The van der Waals surface area contributed by atoms with Gasteiger partial charge in [0.1, 0.15) is 5.75 Å². The first-order valence-corrected chi connectivity index (χ1v) is 10.6. The number of amides is 2. The molecule has 2 aromatic carbocycles. The summed E-state index contributed by atoms with van der Waals surface area (Å²) in [6.07, 6.45) is 0.557. The minimum Gasteiger partial charge on any atom is -0.484 e. The number of hydrogen-bond donors (Lipinski definition) is 1. The van der Waals surface area contributed by atoms with Crippen molar-refractivity contribution in [2.75, 3.05) is 43.0 Å². The van der Waals surface area contributed by atoms with Crippen LogP contribution in [-0.2, 0) is 9.59 Å². The van der Waals surface area contributed by atoms with Crippen LogP contribution in [0.5, 0.6) is 5.75 Å². The summed E-state index contributed by atoms with van der Waals surface area (Å²) >= 11 is 0. The highest BCUT2D eigenvalue weighted by Crippen LogP contribution is 2.21. The van der Waals surface area contributed by atoms with E-state index in [1.165, 1.54) is 5.56 Å². The molecule has 3 rings (SSSR count). The zero-order chi connectivity index (χ0) is 21.5.